The van der Waals surface area contributed by atoms with Gasteiger partial charge in [0.1, 0.15) is 7.05 Å². The molecule has 0 aromatic rings. The molecule has 8 heavy (non-hydrogen) atoms. The number of carbonyl (C=O) groups is 1. The summed E-state index contributed by atoms with van der Waals surface area (Å²) in [5.41, 5.74) is 0.775. The van der Waals surface area contributed by atoms with Crippen LogP contribution in [-0.2, 0) is 4.79 Å². The molecule has 0 saturated heterocycles. The lowest BCUT2D eigenvalue weighted by Crippen LogP contribution is -2.11. The van der Waals surface area contributed by atoms with Gasteiger partial charge < -0.3 is 0 Å². The summed E-state index contributed by atoms with van der Waals surface area (Å²) >= 11 is 0. The minimum absolute atomic E-state index is 0.137. The molecule has 0 bridgehead atoms. The Labute approximate surface area is 48.0 Å². The first-order valence-electron chi connectivity index (χ1n) is 2.32. The molecule has 3 heteroatoms. The third kappa shape index (κ3) is 0.710. The van der Waals surface area contributed by atoms with E-state index in [0.29, 0.717) is 6.42 Å². The fourth-order valence-corrected chi connectivity index (χ4v) is 0.575. The topological polar surface area (TPSA) is 32.7 Å². The molecule has 1 heterocycles. The number of hydrazone groups is 1. The second-order valence-electron chi connectivity index (χ2n) is 1.75. The molecule has 0 atom stereocenters. The van der Waals surface area contributed by atoms with Crippen molar-refractivity contribution in [3.05, 3.63) is 7.05 Å². The van der Waals surface area contributed by atoms with E-state index in [0.717, 1.165) is 10.7 Å². The second-order valence-corrected chi connectivity index (χ2v) is 1.75. The molecule has 42 valence electrons. The zero-order valence-electron chi connectivity index (χ0n) is 4.59. The van der Waals surface area contributed by atoms with Crippen molar-refractivity contribution in [1.82, 2.24) is 5.01 Å². The Bertz CT molecular complexity index is 151. The third-order valence-corrected chi connectivity index (χ3v) is 0.941. The van der Waals surface area contributed by atoms with Gasteiger partial charge in [0.15, 0.2) is 0 Å². The van der Waals surface area contributed by atoms with E-state index >= 15 is 0 Å². The molecule has 1 aliphatic rings. The van der Waals surface area contributed by atoms with Crippen LogP contribution in [0.25, 0.3) is 0 Å². The lowest BCUT2D eigenvalue weighted by atomic mass is 10.3. The van der Waals surface area contributed by atoms with Crippen LogP contribution in [-0.4, -0.2) is 16.6 Å². The maximum Gasteiger partial charge on any atom is 0.248 e. The second kappa shape index (κ2) is 1.58. The lowest BCUT2D eigenvalue weighted by Gasteiger charge is -1.97. The Morgan fingerprint density at radius 1 is 1.88 bits per heavy atom. The predicted octanol–water partition coefficient (Wildman–Crippen LogP) is 0.263. The summed E-state index contributed by atoms with van der Waals surface area (Å²) in [6, 6.07) is 0. The summed E-state index contributed by atoms with van der Waals surface area (Å²) in [7, 11) is 5.06. The van der Waals surface area contributed by atoms with Crippen LogP contribution in [0.4, 0.5) is 0 Å². The fraction of sp³-hybridized carbons (Fsp3) is 0.400. The summed E-state index contributed by atoms with van der Waals surface area (Å²) in [6.45, 7) is 1.77. The third-order valence-electron chi connectivity index (χ3n) is 0.941. The SMILES string of the molecule is [CH]N1N=C(C)CC1=O. The molecule has 0 N–H and O–H groups in total. The van der Waals surface area contributed by atoms with Crippen LogP contribution in [0.2, 0.25) is 0 Å². The number of carbonyl (C=O) groups excluding carboxylic acids is 1. The first-order valence-corrected chi connectivity index (χ1v) is 2.32. The Morgan fingerprint density at radius 2 is 2.50 bits per heavy atom. The first-order chi connectivity index (χ1) is 3.70. The number of hydrogen-bond acceptors (Lipinski definition) is 2. The van der Waals surface area contributed by atoms with E-state index in [4.69, 9.17) is 7.05 Å². The maximum absolute atomic E-state index is 10.5. The van der Waals surface area contributed by atoms with Gasteiger partial charge in [0.25, 0.3) is 0 Å². The van der Waals surface area contributed by atoms with Crippen LogP contribution in [0.3, 0.4) is 0 Å². The van der Waals surface area contributed by atoms with Crippen LogP contribution >= 0.6 is 0 Å². The van der Waals surface area contributed by atoms with Gasteiger partial charge in [-0.05, 0) is 6.92 Å². The van der Waals surface area contributed by atoms with Crippen LogP contribution in [0.1, 0.15) is 13.3 Å². The molecule has 0 aliphatic carbocycles. The van der Waals surface area contributed by atoms with Crippen molar-refractivity contribution >= 4 is 11.6 Å². The average molecular weight is 110 g/mol. The zero-order valence-corrected chi connectivity index (χ0v) is 4.59. The minimum atomic E-state index is -0.137. The average Bonchev–Trinajstić information content (AvgIpc) is 1.85. The standard InChI is InChI=1S/C5H6N2O/c1-4-3-5(8)7(2)6-4/h2H,3H2,1H3. The van der Waals surface area contributed by atoms with Crippen molar-refractivity contribution in [3.8, 4) is 0 Å². The summed E-state index contributed by atoms with van der Waals surface area (Å²) in [5.74, 6) is -0.137. The molecule has 1 amide bonds. The summed E-state index contributed by atoms with van der Waals surface area (Å²) < 4.78 is 0. The molecular weight excluding hydrogens is 104 g/mol. The van der Waals surface area contributed by atoms with Gasteiger partial charge in [0, 0.05) is 5.71 Å². The Balaban J connectivity index is 2.69. The molecular formula is C5H6N2O. The molecule has 0 aromatic carbocycles. The van der Waals surface area contributed by atoms with Crippen LogP contribution in [0.5, 0.6) is 0 Å². The largest absolute Gasteiger partial charge is 0.273 e. The van der Waals surface area contributed by atoms with Crippen molar-refractivity contribution in [2.75, 3.05) is 0 Å². The molecule has 0 fully saturated rings. The molecule has 1 aliphatic heterocycles. The normalized spacial score (nSPS) is 19.5. The molecule has 0 unspecified atom stereocenters. The number of rotatable bonds is 0. The molecule has 3 nitrogen and oxygen atoms in total. The van der Waals surface area contributed by atoms with Crippen molar-refractivity contribution in [2.24, 2.45) is 5.10 Å². The van der Waals surface area contributed by atoms with E-state index in [-0.39, 0.29) is 5.91 Å². The van der Waals surface area contributed by atoms with Crippen molar-refractivity contribution in [2.45, 2.75) is 13.3 Å². The van der Waals surface area contributed by atoms with Gasteiger partial charge in [-0.25, -0.2) is 5.01 Å². The molecule has 0 aromatic heterocycles. The minimum Gasteiger partial charge on any atom is -0.273 e. The summed E-state index contributed by atoms with van der Waals surface area (Å²) in [4.78, 5) is 10.5. The number of hydrogen-bond donors (Lipinski definition) is 0. The van der Waals surface area contributed by atoms with E-state index in [1.165, 1.54) is 0 Å². The van der Waals surface area contributed by atoms with E-state index in [2.05, 4.69) is 5.10 Å². The Kier molecular flexibility index (Phi) is 1.04. The van der Waals surface area contributed by atoms with Crippen LogP contribution in [0, 0.1) is 7.05 Å². The highest BCUT2D eigenvalue weighted by atomic mass is 16.2. The number of amides is 1. The van der Waals surface area contributed by atoms with Gasteiger partial charge in [-0.2, -0.15) is 5.10 Å². The van der Waals surface area contributed by atoms with Crippen molar-refractivity contribution < 1.29 is 4.79 Å². The van der Waals surface area contributed by atoms with E-state index in [9.17, 15) is 4.79 Å². The van der Waals surface area contributed by atoms with Crippen molar-refractivity contribution in [1.29, 1.82) is 0 Å². The lowest BCUT2D eigenvalue weighted by molar-refractivity contribution is -0.126. The van der Waals surface area contributed by atoms with Gasteiger partial charge in [0.05, 0.1) is 6.42 Å². The van der Waals surface area contributed by atoms with Gasteiger partial charge in [-0.3, -0.25) is 4.79 Å². The van der Waals surface area contributed by atoms with Crippen LogP contribution in [0.15, 0.2) is 5.10 Å². The molecule has 1 rings (SSSR count). The number of nitrogens with zero attached hydrogens (tertiary/aromatic N) is 2. The molecule has 0 saturated carbocycles. The molecule has 2 radical (unpaired) electrons. The summed E-state index contributed by atoms with van der Waals surface area (Å²) in [5, 5.41) is 4.52. The summed E-state index contributed by atoms with van der Waals surface area (Å²) in [6.07, 6.45) is 0.372. The van der Waals surface area contributed by atoms with Crippen LogP contribution < -0.4 is 0 Å². The quantitative estimate of drug-likeness (QED) is 0.440. The van der Waals surface area contributed by atoms with Gasteiger partial charge in [-0.1, -0.05) is 0 Å². The van der Waals surface area contributed by atoms with E-state index in [1.807, 2.05) is 0 Å². The van der Waals surface area contributed by atoms with E-state index in [1.54, 1.807) is 6.92 Å². The smallest absolute Gasteiger partial charge is 0.248 e. The highest BCUT2D eigenvalue weighted by molar-refractivity contribution is 6.03. The Morgan fingerprint density at radius 3 is 2.62 bits per heavy atom. The Hall–Kier alpha value is -0.860. The van der Waals surface area contributed by atoms with Gasteiger partial charge in [0.2, 0.25) is 5.91 Å². The monoisotopic (exact) mass is 110 g/mol. The predicted molar refractivity (Wildman–Crippen MR) is 28.9 cm³/mol. The van der Waals surface area contributed by atoms with Gasteiger partial charge in [-0.15, -0.1) is 0 Å². The van der Waals surface area contributed by atoms with E-state index < -0.39 is 0 Å². The first kappa shape index (κ1) is 5.28. The highest BCUT2D eigenvalue weighted by Crippen LogP contribution is 2.04. The molecule has 0 spiro atoms. The zero-order chi connectivity index (χ0) is 6.15. The fourth-order valence-electron chi connectivity index (χ4n) is 0.575. The van der Waals surface area contributed by atoms with Gasteiger partial charge >= 0.3 is 0 Å². The van der Waals surface area contributed by atoms with Crippen molar-refractivity contribution in [3.63, 3.8) is 0 Å². The highest BCUT2D eigenvalue weighted by Gasteiger charge is 2.16. The maximum atomic E-state index is 10.5.